The van der Waals surface area contributed by atoms with E-state index >= 15 is 0 Å². The lowest BCUT2D eigenvalue weighted by molar-refractivity contribution is 1.06. The molecule has 0 aliphatic rings. The highest BCUT2D eigenvalue weighted by atomic mass is 32.2. The molecule has 0 unspecified atom stereocenters. The van der Waals surface area contributed by atoms with Crippen molar-refractivity contribution in [2.45, 2.75) is 13.8 Å². The standard InChI is InChI=1S/C5H10N2S2/c1-4(2)6-7-5(8)9-3/h1-3H3,(H,7,8). The molecule has 0 aliphatic heterocycles. The summed E-state index contributed by atoms with van der Waals surface area (Å²) in [6.45, 7) is 3.83. The Bertz CT molecular complexity index is 127. The Morgan fingerprint density at radius 1 is 1.56 bits per heavy atom. The van der Waals surface area contributed by atoms with Crippen LogP contribution >= 0.6 is 24.0 Å². The van der Waals surface area contributed by atoms with Crippen LogP contribution < -0.4 is 5.43 Å². The first-order valence-corrected chi connectivity index (χ1v) is 4.15. The van der Waals surface area contributed by atoms with E-state index in [1.165, 1.54) is 11.8 Å². The fourth-order valence-corrected chi connectivity index (χ4v) is 0.386. The predicted molar refractivity (Wildman–Crippen MR) is 48.0 cm³/mol. The van der Waals surface area contributed by atoms with Gasteiger partial charge in [0.1, 0.15) is 0 Å². The zero-order valence-corrected chi connectivity index (χ0v) is 7.40. The van der Waals surface area contributed by atoms with Crippen molar-refractivity contribution in [3.8, 4) is 0 Å². The molecule has 0 radical (unpaired) electrons. The third kappa shape index (κ3) is 5.79. The number of nitrogens with zero attached hydrogens (tertiary/aromatic N) is 1. The maximum Gasteiger partial charge on any atom is 0.153 e. The molecule has 0 bridgehead atoms. The molecule has 1 N–H and O–H groups in total. The average molecular weight is 162 g/mol. The molecule has 0 rings (SSSR count). The van der Waals surface area contributed by atoms with Crippen LogP contribution in [0.25, 0.3) is 0 Å². The van der Waals surface area contributed by atoms with Crippen molar-refractivity contribution < 1.29 is 0 Å². The number of nitrogens with one attached hydrogen (secondary N) is 1. The van der Waals surface area contributed by atoms with Gasteiger partial charge in [-0.3, -0.25) is 5.43 Å². The largest absolute Gasteiger partial charge is 0.262 e. The normalized spacial score (nSPS) is 8.33. The average Bonchev–Trinajstić information content (AvgIpc) is 1.83. The summed E-state index contributed by atoms with van der Waals surface area (Å²) in [5, 5.41) is 3.90. The topological polar surface area (TPSA) is 24.4 Å². The summed E-state index contributed by atoms with van der Waals surface area (Å²) in [6.07, 6.45) is 1.91. The van der Waals surface area contributed by atoms with Crippen LogP contribution in [-0.4, -0.2) is 16.3 Å². The van der Waals surface area contributed by atoms with Gasteiger partial charge in [0.15, 0.2) is 4.32 Å². The Labute approximate surface area is 65.1 Å². The molecule has 0 aromatic carbocycles. The lowest BCUT2D eigenvalue weighted by Gasteiger charge is -1.96. The van der Waals surface area contributed by atoms with Gasteiger partial charge in [-0.25, -0.2) is 0 Å². The molecule has 2 nitrogen and oxygen atoms in total. The van der Waals surface area contributed by atoms with E-state index in [1.54, 1.807) is 0 Å². The van der Waals surface area contributed by atoms with Crippen LogP contribution in [0.4, 0.5) is 0 Å². The van der Waals surface area contributed by atoms with Gasteiger partial charge in [-0.15, -0.1) is 0 Å². The van der Waals surface area contributed by atoms with E-state index in [9.17, 15) is 0 Å². The molecule has 0 aromatic rings. The number of hydrogen-bond acceptors (Lipinski definition) is 3. The highest BCUT2D eigenvalue weighted by molar-refractivity contribution is 8.22. The molecule has 4 heteroatoms. The first-order chi connectivity index (χ1) is 4.16. The minimum Gasteiger partial charge on any atom is -0.262 e. The molecule has 52 valence electrons. The van der Waals surface area contributed by atoms with Crippen molar-refractivity contribution >= 4 is 34.0 Å². The van der Waals surface area contributed by atoms with Gasteiger partial charge in [0.05, 0.1) is 0 Å². The van der Waals surface area contributed by atoms with E-state index < -0.39 is 0 Å². The molecule has 0 aromatic heterocycles. The second-order valence-corrected chi connectivity index (χ2v) is 3.15. The molecular weight excluding hydrogens is 152 g/mol. The summed E-state index contributed by atoms with van der Waals surface area (Å²) in [6, 6.07) is 0. The number of thiocarbonyl (C=S) groups is 1. The number of rotatable bonds is 1. The number of thioether (sulfide) groups is 1. The fourth-order valence-electron chi connectivity index (χ4n) is 0.203. The molecule has 0 atom stereocenters. The fraction of sp³-hybridized carbons (Fsp3) is 0.600. The minimum absolute atomic E-state index is 0.705. The number of hydrogen-bond donors (Lipinski definition) is 1. The first kappa shape index (κ1) is 8.91. The zero-order valence-electron chi connectivity index (χ0n) is 5.76. The second kappa shape index (κ2) is 4.76. The van der Waals surface area contributed by atoms with Crippen molar-refractivity contribution in [1.82, 2.24) is 5.43 Å². The van der Waals surface area contributed by atoms with Crippen LogP contribution in [0, 0.1) is 0 Å². The summed E-state index contributed by atoms with van der Waals surface area (Å²) >= 11 is 6.30. The smallest absolute Gasteiger partial charge is 0.153 e. The summed E-state index contributed by atoms with van der Waals surface area (Å²) in [5.41, 5.74) is 3.69. The quantitative estimate of drug-likeness (QED) is 0.360. The van der Waals surface area contributed by atoms with Crippen LogP contribution in [-0.2, 0) is 0 Å². The van der Waals surface area contributed by atoms with Gasteiger partial charge < -0.3 is 0 Å². The maximum atomic E-state index is 4.82. The maximum absolute atomic E-state index is 4.82. The molecule has 0 heterocycles. The first-order valence-electron chi connectivity index (χ1n) is 2.51. The Morgan fingerprint density at radius 2 is 2.11 bits per heavy atom. The van der Waals surface area contributed by atoms with Gasteiger partial charge in [-0.05, 0) is 20.1 Å². The highest BCUT2D eigenvalue weighted by Crippen LogP contribution is 1.92. The molecule has 0 aliphatic carbocycles. The van der Waals surface area contributed by atoms with Crippen molar-refractivity contribution in [3.63, 3.8) is 0 Å². The summed E-state index contributed by atoms with van der Waals surface area (Å²) < 4.78 is 0.705. The summed E-state index contributed by atoms with van der Waals surface area (Å²) in [7, 11) is 0. The molecule has 0 saturated heterocycles. The Balaban J connectivity index is 3.50. The van der Waals surface area contributed by atoms with Crippen LogP contribution in [0.5, 0.6) is 0 Å². The molecule has 0 amide bonds. The van der Waals surface area contributed by atoms with E-state index in [1.807, 2.05) is 20.1 Å². The predicted octanol–water partition coefficient (Wildman–Crippen LogP) is 1.62. The van der Waals surface area contributed by atoms with E-state index in [-0.39, 0.29) is 0 Å². The van der Waals surface area contributed by atoms with E-state index in [0.717, 1.165) is 5.71 Å². The van der Waals surface area contributed by atoms with Gasteiger partial charge in [0.2, 0.25) is 0 Å². The molecule has 9 heavy (non-hydrogen) atoms. The Kier molecular flexibility index (Phi) is 4.71. The van der Waals surface area contributed by atoms with Crippen LogP contribution in [0.1, 0.15) is 13.8 Å². The molecule has 0 saturated carbocycles. The second-order valence-electron chi connectivity index (χ2n) is 1.66. The monoisotopic (exact) mass is 162 g/mol. The van der Waals surface area contributed by atoms with E-state index in [0.29, 0.717) is 4.32 Å². The van der Waals surface area contributed by atoms with E-state index in [4.69, 9.17) is 12.2 Å². The van der Waals surface area contributed by atoms with Gasteiger partial charge >= 0.3 is 0 Å². The molecule has 0 spiro atoms. The van der Waals surface area contributed by atoms with Gasteiger partial charge in [0.25, 0.3) is 0 Å². The highest BCUT2D eigenvalue weighted by Gasteiger charge is 1.85. The number of hydrazone groups is 1. The van der Waals surface area contributed by atoms with Gasteiger partial charge in [-0.1, -0.05) is 24.0 Å². The Hall–Kier alpha value is -0.0900. The molecular formula is C5H10N2S2. The van der Waals surface area contributed by atoms with Crippen molar-refractivity contribution in [1.29, 1.82) is 0 Å². The lowest BCUT2D eigenvalue weighted by Crippen LogP contribution is -2.11. The van der Waals surface area contributed by atoms with Gasteiger partial charge in [0, 0.05) is 5.71 Å². The van der Waals surface area contributed by atoms with Crippen molar-refractivity contribution in [3.05, 3.63) is 0 Å². The van der Waals surface area contributed by atoms with Crippen molar-refractivity contribution in [2.75, 3.05) is 6.26 Å². The van der Waals surface area contributed by atoms with Crippen LogP contribution in [0.15, 0.2) is 5.10 Å². The van der Waals surface area contributed by atoms with Gasteiger partial charge in [-0.2, -0.15) is 5.10 Å². The van der Waals surface area contributed by atoms with Crippen LogP contribution in [0.2, 0.25) is 0 Å². The zero-order chi connectivity index (χ0) is 7.28. The Morgan fingerprint density at radius 3 is 2.44 bits per heavy atom. The third-order valence-electron chi connectivity index (χ3n) is 0.556. The third-order valence-corrected chi connectivity index (χ3v) is 1.61. The van der Waals surface area contributed by atoms with Crippen LogP contribution in [0.3, 0.4) is 0 Å². The summed E-state index contributed by atoms with van der Waals surface area (Å²) in [4.78, 5) is 0. The van der Waals surface area contributed by atoms with E-state index in [2.05, 4.69) is 10.5 Å². The van der Waals surface area contributed by atoms with Crippen molar-refractivity contribution in [2.24, 2.45) is 5.10 Å². The minimum atomic E-state index is 0.705. The summed E-state index contributed by atoms with van der Waals surface area (Å²) in [5.74, 6) is 0. The lowest BCUT2D eigenvalue weighted by atomic mass is 10.5. The SMILES string of the molecule is CSC(=S)NN=C(C)C. The molecule has 0 fully saturated rings.